The molecule has 0 amide bonds. The molecule has 312 valence electrons. The number of aliphatic hydroxyl groups is 5. The standard InChI is InChI=1S/C39H67NO14/c1-11-29-26(19-50-39-37(49-10)36(48-9)33(46)24(6)52-39)16-20(2)12-13-27(42)21(3)17-25(14-15-41)35(22(4)28(43)18-30(44)53-29)54-38-34(47)31(40(7)8)32(45)23(5)51-38/h12-13,16,21-26,28-29,31-39,41,43,45-47H,11,14-15,17-19H2,1-10H3/b13-12+,20-16+/t21-,22+,23-,24?,25+,26-,28-,29-,31?,32-,33-,34?,35-,36+,37?,38+,39-/m1/s1. The third-order valence-electron chi connectivity index (χ3n) is 11.2. The first-order valence-electron chi connectivity index (χ1n) is 19.2. The number of aliphatic hydroxyl groups excluding tert-OH is 5. The average molecular weight is 774 g/mol. The van der Waals surface area contributed by atoms with Crippen molar-refractivity contribution in [1.29, 1.82) is 0 Å². The summed E-state index contributed by atoms with van der Waals surface area (Å²) in [7, 11) is 6.40. The maximum absolute atomic E-state index is 13.6. The molecule has 3 aliphatic rings. The number of likely N-dealkylation sites (N-methyl/N-ethyl adjacent to an activating group) is 1. The van der Waals surface area contributed by atoms with Gasteiger partial charge in [0.1, 0.15) is 30.5 Å². The Kier molecular flexibility index (Phi) is 18.6. The van der Waals surface area contributed by atoms with Crippen LogP contribution < -0.4 is 0 Å². The summed E-state index contributed by atoms with van der Waals surface area (Å²) in [6.45, 7) is 10.3. The molecule has 4 unspecified atom stereocenters. The average Bonchev–Trinajstić information content (AvgIpc) is 3.12. The smallest absolute Gasteiger partial charge is 0.308 e. The molecule has 0 spiro atoms. The van der Waals surface area contributed by atoms with Crippen LogP contribution in [-0.4, -0.2) is 163 Å². The monoisotopic (exact) mass is 773 g/mol. The lowest BCUT2D eigenvalue weighted by Gasteiger charge is -2.46. The van der Waals surface area contributed by atoms with Gasteiger partial charge < -0.3 is 63.6 Å². The van der Waals surface area contributed by atoms with Crippen molar-refractivity contribution in [2.45, 2.75) is 147 Å². The van der Waals surface area contributed by atoms with Gasteiger partial charge in [-0.15, -0.1) is 0 Å². The zero-order valence-electron chi connectivity index (χ0n) is 33.6. The molecule has 17 atom stereocenters. The first-order valence-corrected chi connectivity index (χ1v) is 19.2. The van der Waals surface area contributed by atoms with Gasteiger partial charge in [-0.1, -0.05) is 38.5 Å². The number of ketones is 1. The highest BCUT2D eigenvalue weighted by Crippen LogP contribution is 2.35. The van der Waals surface area contributed by atoms with E-state index in [1.54, 1.807) is 52.8 Å². The van der Waals surface area contributed by atoms with Crippen molar-refractivity contribution in [3.05, 3.63) is 23.8 Å². The minimum Gasteiger partial charge on any atom is -0.462 e. The molecule has 2 saturated heterocycles. The fourth-order valence-electron chi connectivity index (χ4n) is 7.85. The number of rotatable bonds is 11. The summed E-state index contributed by atoms with van der Waals surface area (Å²) < 4.78 is 41.7. The highest BCUT2D eigenvalue weighted by molar-refractivity contribution is 5.91. The maximum Gasteiger partial charge on any atom is 0.308 e. The van der Waals surface area contributed by atoms with E-state index < -0.39 is 109 Å². The molecule has 0 saturated carbocycles. The lowest BCUT2D eigenvalue weighted by molar-refractivity contribution is -0.304. The zero-order valence-corrected chi connectivity index (χ0v) is 33.6. The summed E-state index contributed by atoms with van der Waals surface area (Å²) in [6, 6.07) is -0.720. The number of allylic oxidation sites excluding steroid dienone is 3. The Hall–Kier alpha value is -1.86. The summed E-state index contributed by atoms with van der Waals surface area (Å²) in [5.41, 5.74) is 0.717. The molecule has 15 nitrogen and oxygen atoms in total. The first kappa shape index (κ1) is 46.5. The lowest BCUT2D eigenvalue weighted by Crippen LogP contribution is -2.63. The molecule has 0 aromatic heterocycles. The van der Waals surface area contributed by atoms with Crippen LogP contribution in [0, 0.1) is 23.7 Å². The third kappa shape index (κ3) is 11.8. The van der Waals surface area contributed by atoms with Crippen molar-refractivity contribution >= 4 is 11.8 Å². The Labute approximate surface area is 320 Å². The zero-order chi connectivity index (χ0) is 40.4. The van der Waals surface area contributed by atoms with Crippen molar-refractivity contribution in [2.75, 3.05) is 41.5 Å². The summed E-state index contributed by atoms with van der Waals surface area (Å²) in [4.78, 5) is 28.8. The number of hydrogen-bond donors (Lipinski definition) is 5. The molecule has 2 fully saturated rings. The highest BCUT2D eigenvalue weighted by Gasteiger charge is 2.48. The minimum atomic E-state index is -1.28. The molecule has 0 aromatic rings. The van der Waals surface area contributed by atoms with Gasteiger partial charge in [0, 0.05) is 38.6 Å². The molecule has 54 heavy (non-hydrogen) atoms. The van der Waals surface area contributed by atoms with Crippen LogP contribution in [-0.2, 0) is 42.7 Å². The van der Waals surface area contributed by atoms with Crippen LogP contribution in [0.4, 0.5) is 0 Å². The Balaban J connectivity index is 1.96. The van der Waals surface area contributed by atoms with E-state index in [9.17, 15) is 35.1 Å². The Morgan fingerprint density at radius 2 is 1.50 bits per heavy atom. The summed E-state index contributed by atoms with van der Waals surface area (Å²) in [5.74, 6) is -3.09. The predicted molar refractivity (Wildman–Crippen MR) is 197 cm³/mol. The van der Waals surface area contributed by atoms with Crippen molar-refractivity contribution in [2.24, 2.45) is 23.7 Å². The second kappa shape index (κ2) is 21.6. The second-order valence-corrected chi connectivity index (χ2v) is 15.5. The molecule has 15 heteroatoms. The first-order chi connectivity index (χ1) is 25.5. The molecule has 3 aliphatic heterocycles. The van der Waals surface area contributed by atoms with Crippen LogP contribution in [0.3, 0.4) is 0 Å². The number of nitrogens with zero attached hydrogens (tertiary/aromatic N) is 1. The molecule has 3 heterocycles. The van der Waals surface area contributed by atoms with Crippen LogP contribution in [0.5, 0.6) is 0 Å². The van der Waals surface area contributed by atoms with Gasteiger partial charge in [0.25, 0.3) is 0 Å². The van der Waals surface area contributed by atoms with Gasteiger partial charge in [0.15, 0.2) is 18.4 Å². The Morgan fingerprint density at radius 3 is 2.09 bits per heavy atom. The number of carbonyl (C=O) groups excluding carboxylic acids is 2. The number of esters is 1. The van der Waals surface area contributed by atoms with Gasteiger partial charge in [-0.3, -0.25) is 9.59 Å². The number of carbonyl (C=O) groups is 2. The van der Waals surface area contributed by atoms with Gasteiger partial charge in [-0.2, -0.15) is 0 Å². The molecular weight excluding hydrogens is 706 g/mol. The minimum absolute atomic E-state index is 0.0214. The van der Waals surface area contributed by atoms with Crippen LogP contribution >= 0.6 is 0 Å². The van der Waals surface area contributed by atoms with E-state index in [0.29, 0.717) is 12.0 Å². The van der Waals surface area contributed by atoms with Crippen LogP contribution in [0.1, 0.15) is 67.2 Å². The predicted octanol–water partition coefficient (Wildman–Crippen LogP) is 1.36. The van der Waals surface area contributed by atoms with Crippen LogP contribution in [0.25, 0.3) is 0 Å². The quantitative estimate of drug-likeness (QED) is 0.188. The number of ether oxygens (including phenoxy) is 7. The lowest BCUT2D eigenvalue weighted by atomic mass is 9.79. The van der Waals surface area contributed by atoms with E-state index in [1.807, 2.05) is 19.9 Å². The van der Waals surface area contributed by atoms with Crippen molar-refractivity contribution < 1.29 is 68.3 Å². The van der Waals surface area contributed by atoms with Gasteiger partial charge in [-0.25, -0.2) is 0 Å². The summed E-state index contributed by atoms with van der Waals surface area (Å²) in [6.07, 6.45) is -5.44. The highest BCUT2D eigenvalue weighted by atomic mass is 16.7. The van der Waals surface area contributed by atoms with E-state index >= 15 is 0 Å². The van der Waals surface area contributed by atoms with Gasteiger partial charge in [0.2, 0.25) is 0 Å². The number of methoxy groups -OCH3 is 2. The number of cyclic esters (lactones) is 1. The van der Waals surface area contributed by atoms with Crippen molar-refractivity contribution in [3.8, 4) is 0 Å². The van der Waals surface area contributed by atoms with E-state index in [1.165, 1.54) is 20.3 Å². The van der Waals surface area contributed by atoms with Crippen molar-refractivity contribution in [1.82, 2.24) is 4.90 Å². The summed E-state index contributed by atoms with van der Waals surface area (Å²) >= 11 is 0. The molecule has 0 radical (unpaired) electrons. The fraction of sp³-hybridized carbons (Fsp3) is 0.846. The van der Waals surface area contributed by atoms with E-state index in [2.05, 4.69) is 0 Å². The molecule has 5 N–H and O–H groups in total. The fourth-order valence-corrected chi connectivity index (χ4v) is 7.85. The SMILES string of the molecule is CC[C@H]1OC(=O)C[C@@H](O)[C@H](C)[C@@H](O[C@@H]2O[C@H](C)[C@@H](O)C(N(C)C)C2O)[C@@H](CCO)C[C@@H](C)C(=O)/C=C/C(C)=C/[C@@H]1CO[C@@H]1OC(C)[C@@H](O)[C@H](OC)C1OC. The topological polar surface area (TPSA) is 203 Å². The molecule has 0 aliphatic carbocycles. The maximum atomic E-state index is 13.6. The van der Waals surface area contributed by atoms with Gasteiger partial charge in [0.05, 0.1) is 49.6 Å². The second-order valence-electron chi connectivity index (χ2n) is 15.5. The van der Waals surface area contributed by atoms with Gasteiger partial charge in [-0.05, 0) is 66.1 Å². The van der Waals surface area contributed by atoms with E-state index in [-0.39, 0.29) is 38.3 Å². The van der Waals surface area contributed by atoms with Crippen LogP contribution in [0.2, 0.25) is 0 Å². The number of hydrogen-bond acceptors (Lipinski definition) is 15. The van der Waals surface area contributed by atoms with Crippen molar-refractivity contribution in [3.63, 3.8) is 0 Å². The third-order valence-corrected chi connectivity index (χ3v) is 11.2. The van der Waals surface area contributed by atoms with Crippen LogP contribution in [0.15, 0.2) is 23.8 Å². The largest absolute Gasteiger partial charge is 0.462 e. The molecule has 3 rings (SSSR count). The normalized spacial score (nSPS) is 43.7. The van der Waals surface area contributed by atoms with E-state index in [4.69, 9.17) is 33.2 Å². The summed E-state index contributed by atoms with van der Waals surface area (Å²) in [5, 5.41) is 54.4. The Bertz CT molecular complexity index is 1230. The van der Waals surface area contributed by atoms with Gasteiger partial charge >= 0.3 is 5.97 Å². The molecule has 0 aromatic carbocycles. The Morgan fingerprint density at radius 1 is 0.870 bits per heavy atom. The molecular formula is C39H67NO14. The molecule has 0 bridgehead atoms. The van der Waals surface area contributed by atoms with E-state index in [0.717, 1.165) is 0 Å².